The van der Waals surface area contributed by atoms with Gasteiger partial charge in [0.1, 0.15) is 5.25 Å². The molecule has 2 saturated heterocycles. The molecule has 4 unspecified atom stereocenters. The Bertz CT molecular complexity index is 764. The van der Waals surface area contributed by atoms with Crippen molar-refractivity contribution in [3.63, 3.8) is 0 Å². The molecule has 0 bridgehead atoms. The Hall–Kier alpha value is -1.55. The minimum Gasteiger partial charge on any atom is -0.340 e. The molecule has 9 heteroatoms. The van der Waals surface area contributed by atoms with Crippen LogP contribution in [-0.2, 0) is 14.8 Å². The molecule has 0 radical (unpaired) electrons. The van der Waals surface area contributed by atoms with E-state index >= 15 is 0 Å². The number of nitrogens with zero attached hydrogens (tertiary/aromatic N) is 3. The first-order valence-corrected chi connectivity index (χ1v) is 10.6. The molecule has 4 atom stereocenters. The third-order valence-electron chi connectivity index (χ3n) is 5.72. The average Bonchev–Trinajstić information content (AvgIpc) is 3.19. The molecule has 142 valence electrons. The zero-order chi connectivity index (χ0) is 18.3. The number of hydrogen-bond donors (Lipinski definition) is 2. The Balaban J connectivity index is 1.43. The maximum absolute atomic E-state index is 13.2. The van der Waals surface area contributed by atoms with Crippen molar-refractivity contribution in [2.75, 3.05) is 32.7 Å². The first kappa shape index (κ1) is 17.8. The third-order valence-corrected chi connectivity index (χ3v) is 8.01. The first-order valence-electron chi connectivity index (χ1n) is 9.14. The van der Waals surface area contributed by atoms with Crippen LogP contribution >= 0.6 is 0 Å². The second kappa shape index (κ2) is 6.88. The Morgan fingerprint density at radius 3 is 2.46 bits per heavy atom. The molecule has 3 aliphatic rings. The number of carbonyl (C=O) groups excluding carboxylic acids is 1. The van der Waals surface area contributed by atoms with Gasteiger partial charge in [-0.3, -0.25) is 15.2 Å². The van der Waals surface area contributed by atoms with E-state index in [1.807, 2.05) is 17.0 Å². The minimum absolute atomic E-state index is 0.150. The van der Waals surface area contributed by atoms with Crippen LogP contribution in [0.25, 0.3) is 0 Å². The van der Waals surface area contributed by atoms with Crippen molar-refractivity contribution in [2.45, 2.75) is 24.6 Å². The lowest BCUT2D eigenvalue weighted by atomic mass is 10.1. The number of nitrogens with one attached hydrogen (secondary N) is 2. The van der Waals surface area contributed by atoms with Crippen LogP contribution in [0.15, 0.2) is 24.5 Å². The zero-order valence-electron chi connectivity index (χ0n) is 14.8. The van der Waals surface area contributed by atoms with Crippen LogP contribution in [0.1, 0.15) is 24.9 Å². The summed E-state index contributed by atoms with van der Waals surface area (Å²) >= 11 is 0. The van der Waals surface area contributed by atoms with Crippen molar-refractivity contribution < 1.29 is 13.2 Å². The van der Waals surface area contributed by atoms with E-state index in [1.54, 1.807) is 16.7 Å². The lowest BCUT2D eigenvalue weighted by molar-refractivity contribution is -0.134. The summed E-state index contributed by atoms with van der Waals surface area (Å²) in [6.07, 6.45) is 4.30. The minimum atomic E-state index is -3.47. The van der Waals surface area contributed by atoms with Crippen LogP contribution in [0.5, 0.6) is 0 Å². The van der Waals surface area contributed by atoms with Crippen LogP contribution in [0.2, 0.25) is 0 Å². The van der Waals surface area contributed by atoms with Crippen molar-refractivity contribution in [1.82, 2.24) is 25.0 Å². The maximum Gasteiger partial charge on any atom is 0.226 e. The molecule has 0 spiro atoms. The van der Waals surface area contributed by atoms with Gasteiger partial charge in [0.05, 0.1) is 6.04 Å². The van der Waals surface area contributed by atoms with Crippen LogP contribution in [0, 0.1) is 11.8 Å². The number of aromatic nitrogens is 1. The van der Waals surface area contributed by atoms with Gasteiger partial charge in [-0.25, -0.2) is 13.8 Å². The summed E-state index contributed by atoms with van der Waals surface area (Å²) in [6, 6.07) is 3.36. The number of amides is 1. The number of piperazine rings is 1. The first-order chi connectivity index (χ1) is 12.5. The number of hydrazine groups is 1. The smallest absolute Gasteiger partial charge is 0.226 e. The summed E-state index contributed by atoms with van der Waals surface area (Å²) in [7, 11) is -3.47. The Morgan fingerprint density at radius 1 is 1.19 bits per heavy atom. The van der Waals surface area contributed by atoms with Gasteiger partial charge in [0.15, 0.2) is 0 Å². The molecule has 1 saturated carbocycles. The Morgan fingerprint density at radius 2 is 1.85 bits per heavy atom. The van der Waals surface area contributed by atoms with Gasteiger partial charge in [-0.05, 0) is 30.0 Å². The van der Waals surface area contributed by atoms with E-state index in [0.29, 0.717) is 38.6 Å². The second-order valence-corrected chi connectivity index (χ2v) is 9.56. The van der Waals surface area contributed by atoms with E-state index in [2.05, 4.69) is 22.8 Å². The lowest BCUT2D eigenvalue weighted by Crippen LogP contribution is -2.53. The number of hydrogen-bond acceptors (Lipinski definition) is 6. The van der Waals surface area contributed by atoms with Crippen LogP contribution in [0.3, 0.4) is 0 Å². The molecule has 4 rings (SSSR count). The standard InChI is InChI=1S/C17H25N5O3S/c1-12-10-14(12)17(23)21-6-8-22(9-7-21)26(24,25)15-11-19-20-16(15)13-2-4-18-5-3-13/h2-5,12,14-16,19-20H,6-11H2,1H3. The van der Waals surface area contributed by atoms with E-state index < -0.39 is 15.3 Å². The summed E-state index contributed by atoms with van der Waals surface area (Å²) in [5, 5.41) is -0.574. The van der Waals surface area contributed by atoms with Gasteiger partial charge in [0.2, 0.25) is 15.9 Å². The topological polar surface area (TPSA) is 94.6 Å². The molecule has 2 aliphatic heterocycles. The van der Waals surface area contributed by atoms with Gasteiger partial charge in [0.25, 0.3) is 0 Å². The molecule has 2 N–H and O–H groups in total. The predicted octanol–water partition coefficient (Wildman–Crippen LogP) is -0.271. The number of rotatable bonds is 4. The van der Waals surface area contributed by atoms with Gasteiger partial charge in [-0.15, -0.1) is 0 Å². The number of carbonyl (C=O) groups is 1. The zero-order valence-corrected chi connectivity index (χ0v) is 15.7. The molecule has 26 heavy (non-hydrogen) atoms. The van der Waals surface area contributed by atoms with Crippen LogP contribution in [0.4, 0.5) is 0 Å². The Labute approximate surface area is 154 Å². The largest absolute Gasteiger partial charge is 0.340 e. The quantitative estimate of drug-likeness (QED) is 0.748. The van der Waals surface area contributed by atoms with Crippen molar-refractivity contribution in [2.24, 2.45) is 11.8 Å². The highest BCUT2D eigenvalue weighted by molar-refractivity contribution is 7.89. The number of pyridine rings is 1. The van der Waals surface area contributed by atoms with Crippen LogP contribution in [-0.4, -0.2) is 66.5 Å². The second-order valence-electron chi connectivity index (χ2n) is 7.41. The van der Waals surface area contributed by atoms with Gasteiger partial charge in [0, 0.05) is 51.0 Å². The van der Waals surface area contributed by atoms with E-state index in [0.717, 1.165) is 12.0 Å². The Kier molecular flexibility index (Phi) is 4.72. The molecule has 8 nitrogen and oxygen atoms in total. The molecular weight excluding hydrogens is 354 g/mol. The molecule has 3 heterocycles. The summed E-state index contributed by atoms with van der Waals surface area (Å²) in [6.45, 7) is 4.14. The molecule has 1 amide bonds. The summed E-state index contributed by atoms with van der Waals surface area (Å²) in [5.41, 5.74) is 6.95. The summed E-state index contributed by atoms with van der Waals surface area (Å²) < 4.78 is 27.9. The number of sulfonamides is 1. The van der Waals surface area contributed by atoms with E-state index in [4.69, 9.17) is 0 Å². The van der Waals surface area contributed by atoms with E-state index in [-0.39, 0.29) is 17.9 Å². The van der Waals surface area contributed by atoms with Crippen molar-refractivity contribution in [3.8, 4) is 0 Å². The monoisotopic (exact) mass is 379 g/mol. The fourth-order valence-corrected chi connectivity index (χ4v) is 5.80. The molecule has 3 fully saturated rings. The third kappa shape index (κ3) is 3.24. The highest BCUT2D eigenvalue weighted by Gasteiger charge is 2.45. The van der Waals surface area contributed by atoms with Crippen molar-refractivity contribution in [3.05, 3.63) is 30.1 Å². The SMILES string of the molecule is CC1CC1C(=O)N1CCN(S(=O)(=O)C2CNNC2c2ccncc2)CC1. The van der Waals surface area contributed by atoms with Crippen molar-refractivity contribution in [1.29, 1.82) is 0 Å². The predicted molar refractivity (Wildman–Crippen MR) is 96.2 cm³/mol. The average molecular weight is 379 g/mol. The molecule has 1 aromatic heterocycles. The summed E-state index contributed by atoms with van der Waals surface area (Å²) in [5.74, 6) is 0.812. The van der Waals surface area contributed by atoms with Gasteiger partial charge in [-0.1, -0.05) is 6.92 Å². The van der Waals surface area contributed by atoms with E-state index in [1.165, 1.54) is 0 Å². The van der Waals surface area contributed by atoms with Crippen LogP contribution < -0.4 is 10.9 Å². The highest BCUT2D eigenvalue weighted by Crippen LogP contribution is 2.39. The van der Waals surface area contributed by atoms with Gasteiger partial charge >= 0.3 is 0 Å². The molecule has 0 aromatic carbocycles. The fraction of sp³-hybridized carbons (Fsp3) is 0.647. The maximum atomic E-state index is 13.2. The summed E-state index contributed by atoms with van der Waals surface area (Å²) in [4.78, 5) is 18.2. The molecule has 1 aromatic rings. The van der Waals surface area contributed by atoms with Gasteiger partial charge < -0.3 is 4.90 Å². The van der Waals surface area contributed by atoms with Gasteiger partial charge in [-0.2, -0.15) is 4.31 Å². The molecular formula is C17H25N5O3S. The van der Waals surface area contributed by atoms with E-state index in [9.17, 15) is 13.2 Å². The molecule has 1 aliphatic carbocycles. The normalized spacial score (nSPS) is 32.6. The lowest BCUT2D eigenvalue weighted by Gasteiger charge is -2.36. The van der Waals surface area contributed by atoms with Crippen molar-refractivity contribution >= 4 is 15.9 Å². The fourth-order valence-electron chi connectivity index (χ4n) is 3.88. The highest BCUT2D eigenvalue weighted by atomic mass is 32.2.